The van der Waals surface area contributed by atoms with Crippen molar-refractivity contribution in [1.29, 1.82) is 0 Å². The number of piperidine rings is 2. The average Bonchev–Trinajstić information content (AvgIpc) is 3.10. The van der Waals surface area contributed by atoms with E-state index in [0.717, 1.165) is 89.1 Å². The van der Waals surface area contributed by atoms with Crippen molar-refractivity contribution in [2.45, 2.75) is 42.7 Å². The maximum absolute atomic E-state index is 12.6. The first-order valence-corrected chi connectivity index (χ1v) is 17.9. The number of nitrogens with zero attached hydrogens (tertiary/aromatic N) is 4. The van der Waals surface area contributed by atoms with E-state index in [1.165, 1.54) is 0 Å². The fraction of sp³-hybridized carbons (Fsp3) is 0.421. The SMILES string of the molecule is CN1CCC(N(C)C(=O)COc2cccc3ccccc23)CC1.CN1CCC(N(C)C(=O)CSc2cccc3cccc(Cl)c23)CC1. The van der Waals surface area contributed by atoms with Gasteiger partial charge in [0.2, 0.25) is 5.91 Å². The van der Waals surface area contributed by atoms with Crippen molar-refractivity contribution in [3.8, 4) is 5.75 Å². The minimum Gasteiger partial charge on any atom is -0.483 e. The Balaban J connectivity index is 0.000000185. The number of likely N-dealkylation sites (N-methyl/N-ethyl adjacent to an activating group) is 1. The second-order valence-corrected chi connectivity index (χ2v) is 14.2. The summed E-state index contributed by atoms with van der Waals surface area (Å²) in [7, 11) is 8.10. The topological polar surface area (TPSA) is 56.3 Å². The Morgan fingerprint density at radius 2 is 1.28 bits per heavy atom. The van der Waals surface area contributed by atoms with Crippen LogP contribution in [-0.4, -0.2) is 110 Å². The van der Waals surface area contributed by atoms with Crippen LogP contribution in [0.2, 0.25) is 5.02 Å². The van der Waals surface area contributed by atoms with Gasteiger partial charge in [-0.15, -0.1) is 11.8 Å². The Labute approximate surface area is 288 Å². The quantitative estimate of drug-likeness (QED) is 0.190. The average molecular weight is 675 g/mol. The molecule has 0 saturated carbocycles. The summed E-state index contributed by atoms with van der Waals surface area (Å²) in [5.41, 5.74) is 0. The van der Waals surface area contributed by atoms with Crippen molar-refractivity contribution in [2.24, 2.45) is 0 Å². The molecule has 0 N–H and O–H groups in total. The normalized spacial score (nSPS) is 16.4. The van der Waals surface area contributed by atoms with Gasteiger partial charge in [0.15, 0.2) is 6.61 Å². The predicted octanol–water partition coefficient (Wildman–Crippen LogP) is 6.91. The molecule has 2 aliphatic rings. The number of fused-ring (bicyclic) bond motifs is 2. The second kappa shape index (κ2) is 16.7. The zero-order chi connectivity index (χ0) is 33.3. The van der Waals surface area contributed by atoms with Gasteiger partial charge in [-0.3, -0.25) is 9.59 Å². The monoisotopic (exact) mass is 674 g/mol. The lowest BCUT2D eigenvalue weighted by molar-refractivity contribution is -0.135. The van der Waals surface area contributed by atoms with Gasteiger partial charge in [0, 0.05) is 46.9 Å². The van der Waals surface area contributed by atoms with Crippen LogP contribution in [-0.2, 0) is 9.59 Å². The van der Waals surface area contributed by atoms with Gasteiger partial charge in [-0.2, -0.15) is 0 Å². The summed E-state index contributed by atoms with van der Waals surface area (Å²) >= 11 is 7.94. The molecule has 9 heteroatoms. The van der Waals surface area contributed by atoms with E-state index in [-0.39, 0.29) is 18.4 Å². The van der Waals surface area contributed by atoms with Gasteiger partial charge in [0.1, 0.15) is 5.75 Å². The maximum Gasteiger partial charge on any atom is 0.260 e. The molecule has 2 amide bonds. The highest BCUT2D eigenvalue weighted by molar-refractivity contribution is 8.00. The largest absolute Gasteiger partial charge is 0.483 e. The van der Waals surface area contributed by atoms with E-state index in [0.29, 0.717) is 17.8 Å². The summed E-state index contributed by atoms with van der Waals surface area (Å²) in [4.78, 5) is 34.5. The Morgan fingerprint density at radius 1 is 0.745 bits per heavy atom. The molecule has 2 aliphatic heterocycles. The molecule has 0 bridgehead atoms. The molecular formula is C38H47ClN4O3S. The summed E-state index contributed by atoms with van der Waals surface area (Å²) in [5.74, 6) is 1.46. The number of thioether (sulfide) groups is 1. The van der Waals surface area contributed by atoms with Crippen LogP contribution in [0.4, 0.5) is 0 Å². The Morgan fingerprint density at radius 3 is 1.94 bits per heavy atom. The summed E-state index contributed by atoms with van der Waals surface area (Å²) in [6, 6.07) is 26.7. The molecule has 0 aliphatic carbocycles. The number of amides is 2. The molecule has 0 spiro atoms. The molecule has 2 heterocycles. The maximum atomic E-state index is 12.6. The van der Waals surface area contributed by atoms with Crippen LogP contribution >= 0.6 is 23.4 Å². The fourth-order valence-electron chi connectivity index (χ4n) is 6.36. The van der Waals surface area contributed by atoms with Gasteiger partial charge in [-0.1, -0.05) is 72.3 Å². The Kier molecular flexibility index (Phi) is 12.4. The smallest absolute Gasteiger partial charge is 0.260 e. The highest BCUT2D eigenvalue weighted by Gasteiger charge is 2.25. The highest BCUT2D eigenvalue weighted by Crippen LogP contribution is 2.33. The zero-order valence-electron chi connectivity index (χ0n) is 28.0. The predicted molar refractivity (Wildman–Crippen MR) is 196 cm³/mol. The van der Waals surface area contributed by atoms with Crippen LogP contribution in [0.25, 0.3) is 21.5 Å². The third kappa shape index (κ3) is 9.20. The number of carbonyl (C=O) groups excluding carboxylic acids is 2. The van der Waals surface area contributed by atoms with Crippen molar-refractivity contribution in [1.82, 2.24) is 19.6 Å². The van der Waals surface area contributed by atoms with Gasteiger partial charge in [0.25, 0.3) is 5.91 Å². The van der Waals surface area contributed by atoms with Crippen molar-refractivity contribution in [3.63, 3.8) is 0 Å². The minimum atomic E-state index is 0.0486. The Hall–Kier alpha value is -3.30. The van der Waals surface area contributed by atoms with E-state index in [1.54, 1.807) is 11.8 Å². The molecule has 2 fully saturated rings. The number of halogens is 1. The molecule has 2 saturated heterocycles. The standard InChI is InChI=1S/C19H23ClN2OS.C19H24N2O2/c1-21-11-9-15(10-12-21)22(2)18(23)13-24-17-8-4-6-14-5-3-7-16(20)19(14)17;1-20-12-10-16(11-13-20)21(2)19(22)14-23-18-9-5-7-15-6-3-4-8-17(15)18/h3-8,15H,9-13H2,1-2H3;3-9,16H,10-14H2,1-2H3. The van der Waals surface area contributed by atoms with Gasteiger partial charge in [-0.05, 0) is 94.9 Å². The molecule has 0 radical (unpaired) electrons. The van der Waals surface area contributed by atoms with Crippen LogP contribution in [0.15, 0.2) is 83.8 Å². The fourth-order valence-corrected chi connectivity index (χ4v) is 7.73. The first kappa shape index (κ1) is 35.0. The van der Waals surface area contributed by atoms with Gasteiger partial charge in [-0.25, -0.2) is 0 Å². The molecular weight excluding hydrogens is 628 g/mol. The molecule has 6 rings (SSSR count). The number of benzene rings is 4. The van der Waals surface area contributed by atoms with Crippen molar-refractivity contribution in [2.75, 3.05) is 66.7 Å². The van der Waals surface area contributed by atoms with Gasteiger partial charge < -0.3 is 24.3 Å². The third-order valence-corrected chi connectivity index (χ3v) is 10.9. The van der Waals surface area contributed by atoms with Crippen molar-refractivity contribution in [3.05, 3.63) is 83.9 Å². The Bertz CT molecular complexity index is 1640. The molecule has 4 aromatic carbocycles. The van der Waals surface area contributed by atoms with Crippen LogP contribution in [0.5, 0.6) is 5.75 Å². The summed E-state index contributed by atoms with van der Waals surface area (Å²) in [5, 5.41) is 5.07. The third-order valence-electron chi connectivity index (χ3n) is 9.53. The number of carbonyl (C=O) groups is 2. The van der Waals surface area contributed by atoms with Crippen LogP contribution in [0.3, 0.4) is 0 Å². The highest BCUT2D eigenvalue weighted by atomic mass is 35.5. The summed E-state index contributed by atoms with van der Waals surface area (Å²) in [6.07, 6.45) is 4.19. The molecule has 250 valence electrons. The van der Waals surface area contributed by atoms with E-state index in [2.05, 4.69) is 48.2 Å². The van der Waals surface area contributed by atoms with E-state index >= 15 is 0 Å². The number of hydrogen-bond acceptors (Lipinski definition) is 6. The minimum absolute atomic E-state index is 0.0486. The lowest BCUT2D eigenvalue weighted by atomic mass is 10.0. The molecule has 7 nitrogen and oxygen atoms in total. The van der Waals surface area contributed by atoms with Gasteiger partial charge in [0.05, 0.1) is 5.75 Å². The molecule has 47 heavy (non-hydrogen) atoms. The van der Waals surface area contributed by atoms with Crippen LogP contribution < -0.4 is 4.74 Å². The zero-order valence-corrected chi connectivity index (χ0v) is 29.6. The lowest BCUT2D eigenvalue weighted by Gasteiger charge is -2.35. The van der Waals surface area contributed by atoms with E-state index in [4.69, 9.17) is 16.3 Å². The molecule has 0 unspecified atom stereocenters. The summed E-state index contributed by atoms with van der Waals surface area (Å²) < 4.78 is 5.81. The summed E-state index contributed by atoms with van der Waals surface area (Å²) in [6.45, 7) is 4.32. The molecule has 0 aromatic heterocycles. The van der Waals surface area contributed by atoms with Crippen molar-refractivity contribution >= 4 is 56.7 Å². The number of likely N-dealkylation sites (tertiary alicyclic amines) is 2. The van der Waals surface area contributed by atoms with E-state index in [9.17, 15) is 9.59 Å². The first-order valence-electron chi connectivity index (χ1n) is 16.5. The first-order chi connectivity index (χ1) is 22.7. The second-order valence-electron chi connectivity index (χ2n) is 12.7. The van der Waals surface area contributed by atoms with Crippen LogP contribution in [0, 0.1) is 0 Å². The van der Waals surface area contributed by atoms with Crippen LogP contribution in [0.1, 0.15) is 25.7 Å². The molecule has 0 atom stereocenters. The van der Waals surface area contributed by atoms with Crippen molar-refractivity contribution < 1.29 is 14.3 Å². The van der Waals surface area contributed by atoms with Gasteiger partial charge >= 0.3 is 0 Å². The number of hydrogen-bond donors (Lipinski definition) is 0. The number of ether oxygens (including phenoxy) is 1. The van der Waals surface area contributed by atoms with E-state index in [1.807, 2.05) is 78.5 Å². The number of rotatable bonds is 8. The van der Waals surface area contributed by atoms with E-state index < -0.39 is 0 Å². The molecule has 4 aromatic rings. The lowest BCUT2D eigenvalue weighted by Crippen LogP contribution is -2.45.